The van der Waals surface area contributed by atoms with Gasteiger partial charge >= 0.3 is 5.97 Å². The fourth-order valence-corrected chi connectivity index (χ4v) is 3.94. The number of piperazine rings is 1. The number of hydrogen-bond acceptors (Lipinski definition) is 5. The van der Waals surface area contributed by atoms with E-state index in [4.69, 9.17) is 4.74 Å². The number of ether oxygens (including phenoxy) is 1. The quantitative estimate of drug-likeness (QED) is 0.738. The summed E-state index contributed by atoms with van der Waals surface area (Å²) in [5, 5.41) is 0. The lowest BCUT2D eigenvalue weighted by Gasteiger charge is -2.38. The lowest BCUT2D eigenvalue weighted by atomic mass is 9.98. The summed E-state index contributed by atoms with van der Waals surface area (Å²) in [4.78, 5) is 31.1. The van der Waals surface area contributed by atoms with E-state index in [1.54, 1.807) is 0 Å². The highest BCUT2D eigenvalue weighted by atomic mass is 16.5. The van der Waals surface area contributed by atoms with Gasteiger partial charge in [-0.3, -0.25) is 14.5 Å². The molecule has 6 heteroatoms. The van der Waals surface area contributed by atoms with Crippen molar-refractivity contribution in [3.8, 4) is 0 Å². The van der Waals surface area contributed by atoms with Crippen molar-refractivity contribution in [3.63, 3.8) is 0 Å². The number of hydrogen-bond donors (Lipinski definition) is 0. The summed E-state index contributed by atoms with van der Waals surface area (Å²) in [5.74, 6) is -0.199. The number of rotatable bonds is 5. The Hall–Kier alpha value is -2.08. The number of nitrogens with zero attached hydrogens (tertiary/aromatic N) is 3. The van der Waals surface area contributed by atoms with Crippen molar-refractivity contribution >= 4 is 17.6 Å². The van der Waals surface area contributed by atoms with Gasteiger partial charge in [-0.2, -0.15) is 0 Å². The Morgan fingerprint density at radius 1 is 1.15 bits per heavy atom. The van der Waals surface area contributed by atoms with Gasteiger partial charge in [0.2, 0.25) is 5.91 Å². The van der Waals surface area contributed by atoms with Crippen LogP contribution in [0.3, 0.4) is 0 Å². The summed E-state index contributed by atoms with van der Waals surface area (Å²) in [6.45, 7) is 9.65. The highest BCUT2D eigenvalue weighted by Gasteiger charge is 2.30. The van der Waals surface area contributed by atoms with Crippen molar-refractivity contribution in [2.45, 2.75) is 26.7 Å². The molecule has 27 heavy (non-hydrogen) atoms. The van der Waals surface area contributed by atoms with Crippen molar-refractivity contribution in [1.29, 1.82) is 0 Å². The minimum absolute atomic E-state index is 0.132. The van der Waals surface area contributed by atoms with Crippen LogP contribution in [0.4, 0.5) is 5.69 Å². The van der Waals surface area contributed by atoms with Gasteiger partial charge in [0.15, 0.2) is 0 Å². The maximum atomic E-state index is 12.7. The molecule has 0 aliphatic carbocycles. The zero-order valence-electron chi connectivity index (χ0n) is 16.5. The molecule has 1 unspecified atom stereocenters. The second-order valence-corrected chi connectivity index (χ2v) is 7.53. The van der Waals surface area contributed by atoms with Crippen LogP contribution in [0.2, 0.25) is 0 Å². The summed E-state index contributed by atoms with van der Waals surface area (Å²) >= 11 is 0. The molecule has 2 aliphatic rings. The average molecular weight is 373 g/mol. The Morgan fingerprint density at radius 3 is 2.63 bits per heavy atom. The molecule has 2 fully saturated rings. The molecule has 0 spiro atoms. The van der Waals surface area contributed by atoms with E-state index in [-0.39, 0.29) is 17.8 Å². The molecule has 2 heterocycles. The number of likely N-dealkylation sites (tertiary alicyclic amines) is 1. The Balaban J connectivity index is 1.47. The molecule has 2 aliphatic heterocycles. The van der Waals surface area contributed by atoms with Crippen molar-refractivity contribution in [2.75, 3.05) is 57.3 Å². The third kappa shape index (κ3) is 5.22. The third-order valence-corrected chi connectivity index (χ3v) is 5.49. The number of carbonyl (C=O) groups is 2. The largest absolute Gasteiger partial charge is 0.466 e. The van der Waals surface area contributed by atoms with Crippen LogP contribution in [0.1, 0.15) is 25.3 Å². The third-order valence-electron chi connectivity index (χ3n) is 5.49. The number of aryl methyl sites for hydroxylation is 1. The second kappa shape index (κ2) is 9.22. The maximum absolute atomic E-state index is 12.7. The van der Waals surface area contributed by atoms with Crippen molar-refractivity contribution in [3.05, 3.63) is 29.8 Å². The van der Waals surface area contributed by atoms with Crippen LogP contribution in [-0.4, -0.2) is 74.1 Å². The summed E-state index contributed by atoms with van der Waals surface area (Å²) in [7, 11) is 0. The Labute approximate surface area is 162 Å². The van der Waals surface area contributed by atoms with Crippen LogP contribution < -0.4 is 4.90 Å². The number of amides is 1. The minimum Gasteiger partial charge on any atom is -0.466 e. The normalized spacial score (nSPS) is 21.2. The zero-order valence-corrected chi connectivity index (χ0v) is 16.5. The number of piperidine rings is 1. The van der Waals surface area contributed by atoms with Crippen molar-refractivity contribution in [2.24, 2.45) is 5.92 Å². The van der Waals surface area contributed by atoms with Crippen LogP contribution in [0.5, 0.6) is 0 Å². The van der Waals surface area contributed by atoms with Gasteiger partial charge in [0.1, 0.15) is 0 Å². The Morgan fingerprint density at radius 2 is 1.93 bits per heavy atom. The van der Waals surface area contributed by atoms with Crippen molar-refractivity contribution in [1.82, 2.24) is 9.80 Å². The van der Waals surface area contributed by atoms with Crippen LogP contribution in [0.15, 0.2) is 24.3 Å². The topological polar surface area (TPSA) is 53.1 Å². The molecule has 6 nitrogen and oxygen atoms in total. The Kier molecular flexibility index (Phi) is 6.72. The molecular formula is C21H31N3O3. The van der Waals surface area contributed by atoms with E-state index >= 15 is 0 Å². The predicted molar refractivity (Wildman–Crippen MR) is 106 cm³/mol. The number of carbonyl (C=O) groups excluding carboxylic acids is 2. The second-order valence-electron chi connectivity index (χ2n) is 7.53. The van der Waals surface area contributed by atoms with E-state index in [0.717, 1.165) is 45.6 Å². The first-order valence-corrected chi connectivity index (χ1v) is 10.0. The maximum Gasteiger partial charge on any atom is 0.310 e. The van der Waals surface area contributed by atoms with Gasteiger partial charge in [-0.25, -0.2) is 0 Å². The first kappa shape index (κ1) is 19.7. The predicted octanol–water partition coefficient (Wildman–Crippen LogP) is 1.92. The van der Waals surface area contributed by atoms with Crippen LogP contribution >= 0.6 is 0 Å². The minimum atomic E-state index is -0.166. The van der Waals surface area contributed by atoms with Gasteiger partial charge in [-0.1, -0.05) is 12.1 Å². The first-order valence-electron chi connectivity index (χ1n) is 10.0. The molecule has 148 valence electrons. The molecule has 0 aromatic heterocycles. The average Bonchev–Trinajstić information content (AvgIpc) is 2.69. The molecule has 1 aromatic carbocycles. The van der Waals surface area contributed by atoms with Gasteiger partial charge in [0.05, 0.1) is 19.1 Å². The molecule has 0 saturated carbocycles. The summed E-state index contributed by atoms with van der Waals surface area (Å²) < 4.78 is 5.13. The monoisotopic (exact) mass is 373 g/mol. The summed E-state index contributed by atoms with van der Waals surface area (Å²) in [5.41, 5.74) is 2.53. The van der Waals surface area contributed by atoms with Gasteiger partial charge in [-0.05, 0) is 44.4 Å². The van der Waals surface area contributed by atoms with E-state index in [2.05, 4.69) is 41.0 Å². The van der Waals surface area contributed by atoms with Crippen LogP contribution in [0.25, 0.3) is 0 Å². The van der Waals surface area contributed by atoms with E-state index in [9.17, 15) is 9.59 Å². The van der Waals surface area contributed by atoms with Gasteiger partial charge in [0.25, 0.3) is 0 Å². The van der Waals surface area contributed by atoms with Crippen molar-refractivity contribution < 1.29 is 14.3 Å². The van der Waals surface area contributed by atoms with Crippen LogP contribution in [0, 0.1) is 12.8 Å². The number of esters is 1. The molecule has 0 N–H and O–H groups in total. The van der Waals surface area contributed by atoms with Gasteiger partial charge < -0.3 is 14.5 Å². The molecule has 1 aromatic rings. The summed E-state index contributed by atoms with van der Waals surface area (Å²) in [6, 6.07) is 8.57. The van der Waals surface area contributed by atoms with E-state index in [1.807, 2.05) is 11.8 Å². The van der Waals surface area contributed by atoms with Gasteiger partial charge in [0, 0.05) is 45.0 Å². The molecule has 1 amide bonds. The molecule has 2 saturated heterocycles. The van der Waals surface area contributed by atoms with Gasteiger partial charge in [-0.15, -0.1) is 0 Å². The zero-order chi connectivity index (χ0) is 19.2. The first-order chi connectivity index (χ1) is 13.1. The number of benzene rings is 1. The standard InChI is InChI=1S/C21H31N3O3/c1-3-27-21(26)18-7-5-9-24(15-18)20(25)16-22-10-12-23(13-11-22)19-8-4-6-17(2)14-19/h4,6,8,14,18H,3,5,7,9-13,15-16H2,1-2H3. The van der Waals surface area contributed by atoms with E-state index < -0.39 is 0 Å². The molecular weight excluding hydrogens is 342 g/mol. The molecule has 0 radical (unpaired) electrons. The molecule has 0 bridgehead atoms. The Bertz CT molecular complexity index is 656. The van der Waals surface area contributed by atoms with E-state index in [0.29, 0.717) is 19.7 Å². The highest BCUT2D eigenvalue weighted by Crippen LogP contribution is 2.20. The fourth-order valence-electron chi connectivity index (χ4n) is 3.94. The molecule has 1 atom stereocenters. The fraction of sp³-hybridized carbons (Fsp3) is 0.619. The number of anilines is 1. The van der Waals surface area contributed by atoms with Crippen LogP contribution in [-0.2, 0) is 14.3 Å². The highest BCUT2D eigenvalue weighted by molar-refractivity contribution is 5.80. The lowest BCUT2D eigenvalue weighted by Crippen LogP contribution is -2.51. The van der Waals surface area contributed by atoms with E-state index in [1.165, 1.54) is 11.3 Å². The SMILES string of the molecule is CCOC(=O)C1CCCN(C(=O)CN2CCN(c3cccc(C)c3)CC2)C1. The lowest BCUT2D eigenvalue weighted by molar-refractivity contribution is -0.151. The smallest absolute Gasteiger partial charge is 0.310 e. The molecule has 3 rings (SSSR count). The summed E-state index contributed by atoms with van der Waals surface area (Å²) in [6.07, 6.45) is 1.69.